The smallest absolute Gasteiger partial charge is 0.145 e. The maximum atomic E-state index is 12.8. The van der Waals surface area contributed by atoms with Gasteiger partial charge in [-0.1, -0.05) is 0 Å². The topological polar surface area (TPSA) is 12.5 Å². The van der Waals surface area contributed by atoms with E-state index >= 15 is 0 Å². The highest BCUT2D eigenvalue weighted by atomic mass is 19.1. The van der Waals surface area contributed by atoms with Crippen molar-refractivity contribution in [1.29, 1.82) is 0 Å². The zero-order valence-electron chi connectivity index (χ0n) is 8.17. The monoisotopic (exact) mass is 183 g/mol. The van der Waals surface area contributed by atoms with Crippen LogP contribution in [0.2, 0.25) is 0 Å². The normalized spacial score (nSPS) is 9.85. The Labute approximate surface area is 77.9 Å². The number of hydrogen-bond acceptors (Lipinski definition) is 2. The van der Waals surface area contributed by atoms with Crippen LogP contribution in [0, 0.1) is 5.82 Å². The van der Waals surface area contributed by atoms with Gasteiger partial charge in [-0.25, -0.2) is 4.39 Å². The number of halogens is 1. The number of anilines is 1. The molecule has 2 nitrogen and oxygen atoms in total. The first kappa shape index (κ1) is 9.84. The molecule has 0 aromatic heterocycles. The quantitative estimate of drug-likeness (QED) is 0.712. The highest BCUT2D eigenvalue weighted by Crippen LogP contribution is 2.27. The molecule has 0 fully saturated rings. The number of nitrogens with zero attached hydrogens (tertiary/aromatic N) is 1. The van der Waals surface area contributed by atoms with Crippen molar-refractivity contribution < 1.29 is 9.13 Å². The van der Waals surface area contributed by atoms with Gasteiger partial charge in [-0.3, -0.25) is 0 Å². The molecule has 0 saturated carbocycles. The number of hydrogen-bond donors (Lipinski definition) is 0. The molecule has 1 rings (SSSR count). The third-order valence-corrected chi connectivity index (χ3v) is 2.03. The van der Waals surface area contributed by atoms with E-state index in [1.54, 1.807) is 13.2 Å². The summed E-state index contributed by atoms with van der Waals surface area (Å²) < 4.78 is 17.9. The lowest BCUT2D eigenvalue weighted by molar-refractivity contribution is 0.411. The predicted molar refractivity (Wildman–Crippen MR) is 51.9 cm³/mol. The van der Waals surface area contributed by atoms with Crippen LogP contribution in [0.15, 0.2) is 18.2 Å². The Kier molecular flexibility index (Phi) is 3.12. The zero-order chi connectivity index (χ0) is 9.84. The lowest BCUT2D eigenvalue weighted by Crippen LogP contribution is -2.16. The van der Waals surface area contributed by atoms with Gasteiger partial charge in [-0.15, -0.1) is 0 Å². The van der Waals surface area contributed by atoms with E-state index in [0.29, 0.717) is 5.75 Å². The summed E-state index contributed by atoms with van der Waals surface area (Å²) in [5.41, 5.74) is 0.909. The third-order valence-electron chi connectivity index (χ3n) is 2.03. The summed E-state index contributed by atoms with van der Waals surface area (Å²) in [7, 11) is 3.48. The fraction of sp³-hybridized carbons (Fsp3) is 0.400. The lowest BCUT2D eigenvalue weighted by atomic mass is 10.2. The van der Waals surface area contributed by atoms with Gasteiger partial charge in [-0.05, 0) is 19.1 Å². The van der Waals surface area contributed by atoms with E-state index in [1.807, 2.05) is 18.9 Å². The Balaban J connectivity index is 3.05. The van der Waals surface area contributed by atoms with E-state index in [2.05, 4.69) is 0 Å². The zero-order valence-corrected chi connectivity index (χ0v) is 8.17. The first-order chi connectivity index (χ1) is 6.19. The van der Waals surface area contributed by atoms with Crippen LogP contribution in [0.3, 0.4) is 0 Å². The van der Waals surface area contributed by atoms with Crippen LogP contribution in [-0.2, 0) is 0 Å². The van der Waals surface area contributed by atoms with Crippen LogP contribution in [0.5, 0.6) is 5.75 Å². The molecule has 0 radical (unpaired) electrons. The summed E-state index contributed by atoms with van der Waals surface area (Å²) in [5, 5.41) is 0. The Morgan fingerprint density at radius 1 is 1.46 bits per heavy atom. The molecule has 0 aliphatic rings. The number of ether oxygens (including phenoxy) is 1. The molecule has 0 amide bonds. The summed E-state index contributed by atoms with van der Waals surface area (Å²) in [6, 6.07) is 4.54. The van der Waals surface area contributed by atoms with Crippen molar-refractivity contribution in [3.63, 3.8) is 0 Å². The fourth-order valence-electron chi connectivity index (χ4n) is 1.14. The van der Waals surface area contributed by atoms with Gasteiger partial charge in [0.15, 0.2) is 0 Å². The molecule has 3 heteroatoms. The summed E-state index contributed by atoms with van der Waals surface area (Å²) >= 11 is 0. The molecular weight excluding hydrogens is 169 g/mol. The predicted octanol–water partition coefficient (Wildman–Crippen LogP) is 2.29. The van der Waals surface area contributed by atoms with Gasteiger partial charge in [0.25, 0.3) is 0 Å². The van der Waals surface area contributed by atoms with E-state index in [1.165, 1.54) is 12.1 Å². The Hall–Kier alpha value is -1.25. The van der Waals surface area contributed by atoms with Crippen LogP contribution >= 0.6 is 0 Å². The van der Waals surface area contributed by atoms with Crippen LogP contribution in [0.4, 0.5) is 10.1 Å². The number of benzene rings is 1. The summed E-state index contributed by atoms with van der Waals surface area (Å²) in [4.78, 5) is 2.00. The lowest BCUT2D eigenvalue weighted by Gasteiger charge is -2.19. The standard InChI is InChI=1S/C10H14FNO/c1-4-12(2)9-6-5-8(11)7-10(9)13-3/h5-7H,4H2,1-3H3. The van der Waals surface area contributed by atoms with Crippen molar-refractivity contribution in [3.8, 4) is 5.75 Å². The summed E-state index contributed by atoms with van der Waals surface area (Å²) in [6.07, 6.45) is 0. The summed E-state index contributed by atoms with van der Waals surface area (Å²) in [6.45, 7) is 2.89. The first-order valence-corrected chi connectivity index (χ1v) is 4.23. The molecule has 72 valence electrons. The minimum absolute atomic E-state index is 0.273. The third kappa shape index (κ3) is 2.11. The second kappa shape index (κ2) is 4.12. The Morgan fingerprint density at radius 3 is 2.69 bits per heavy atom. The van der Waals surface area contributed by atoms with Crippen LogP contribution in [0.1, 0.15) is 6.92 Å². The second-order valence-electron chi connectivity index (χ2n) is 2.83. The highest BCUT2D eigenvalue weighted by Gasteiger charge is 2.06. The molecule has 1 aromatic rings. The molecule has 0 bridgehead atoms. The van der Waals surface area contributed by atoms with Gasteiger partial charge in [-0.2, -0.15) is 0 Å². The van der Waals surface area contributed by atoms with Crippen LogP contribution in [0.25, 0.3) is 0 Å². The molecule has 13 heavy (non-hydrogen) atoms. The van der Waals surface area contributed by atoms with Gasteiger partial charge >= 0.3 is 0 Å². The minimum Gasteiger partial charge on any atom is -0.494 e. The van der Waals surface area contributed by atoms with Crippen molar-refractivity contribution in [2.45, 2.75) is 6.92 Å². The van der Waals surface area contributed by atoms with Gasteiger partial charge in [0.05, 0.1) is 12.8 Å². The van der Waals surface area contributed by atoms with E-state index in [0.717, 1.165) is 12.2 Å². The molecule has 1 aromatic carbocycles. The second-order valence-corrected chi connectivity index (χ2v) is 2.83. The molecule has 0 saturated heterocycles. The van der Waals surface area contributed by atoms with Crippen molar-refractivity contribution in [2.24, 2.45) is 0 Å². The molecule has 0 unspecified atom stereocenters. The fourth-order valence-corrected chi connectivity index (χ4v) is 1.14. The molecule has 0 aliphatic carbocycles. The van der Waals surface area contributed by atoms with E-state index in [4.69, 9.17) is 4.74 Å². The number of rotatable bonds is 3. The Bertz CT molecular complexity index is 288. The molecule has 0 spiro atoms. The maximum Gasteiger partial charge on any atom is 0.145 e. The maximum absolute atomic E-state index is 12.8. The van der Waals surface area contributed by atoms with Gasteiger partial charge in [0.1, 0.15) is 11.6 Å². The van der Waals surface area contributed by atoms with Crippen molar-refractivity contribution >= 4 is 5.69 Å². The van der Waals surface area contributed by atoms with E-state index < -0.39 is 0 Å². The Morgan fingerprint density at radius 2 is 2.15 bits per heavy atom. The number of methoxy groups -OCH3 is 1. The average molecular weight is 183 g/mol. The molecule has 0 aliphatic heterocycles. The van der Waals surface area contributed by atoms with Crippen LogP contribution < -0.4 is 9.64 Å². The molecular formula is C10H14FNO. The first-order valence-electron chi connectivity index (χ1n) is 4.23. The van der Waals surface area contributed by atoms with E-state index in [-0.39, 0.29) is 5.82 Å². The van der Waals surface area contributed by atoms with E-state index in [9.17, 15) is 4.39 Å². The van der Waals surface area contributed by atoms with Crippen molar-refractivity contribution in [1.82, 2.24) is 0 Å². The minimum atomic E-state index is -0.273. The largest absolute Gasteiger partial charge is 0.494 e. The summed E-state index contributed by atoms with van der Waals surface area (Å²) in [5.74, 6) is 0.300. The SMILES string of the molecule is CCN(C)c1ccc(F)cc1OC. The van der Waals surface area contributed by atoms with Crippen molar-refractivity contribution in [3.05, 3.63) is 24.0 Å². The molecule has 0 atom stereocenters. The molecule has 0 N–H and O–H groups in total. The highest BCUT2D eigenvalue weighted by molar-refractivity contribution is 5.57. The van der Waals surface area contributed by atoms with Gasteiger partial charge < -0.3 is 9.64 Å². The van der Waals surface area contributed by atoms with Gasteiger partial charge in [0, 0.05) is 19.7 Å². The van der Waals surface area contributed by atoms with Crippen LogP contribution in [-0.4, -0.2) is 20.7 Å². The van der Waals surface area contributed by atoms with Crippen molar-refractivity contribution in [2.75, 3.05) is 25.6 Å². The average Bonchev–Trinajstić information content (AvgIpc) is 2.16. The van der Waals surface area contributed by atoms with Gasteiger partial charge in [0.2, 0.25) is 0 Å². The molecule has 0 heterocycles.